The van der Waals surface area contributed by atoms with Crippen molar-refractivity contribution in [2.75, 3.05) is 37.7 Å². The van der Waals surface area contributed by atoms with Gasteiger partial charge in [0.1, 0.15) is 0 Å². The molecule has 2 aliphatic rings. The van der Waals surface area contributed by atoms with Crippen molar-refractivity contribution < 1.29 is 19.4 Å². The molecule has 7 heteroatoms. The number of carbonyl (C=O) groups is 1. The minimum atomic E-state index is -0.855. The Labute approximate surface area is 188 Å². The van der Waals surface area contributed by atoms with Gasteiger partial charge in [0.2, 0.25) is 0 Å². The number of anilines is 1. The van der Waals surface area contributed by atoms with Gasteiger partial charge in [-0.1, -0.05) is 50.6 Å². The van der Waals surface area contributed by atoms with Crippen molar-refractivity contribution in [2.45, 2.75) is 33.1 Å². The zero-order chi connectivity index (χ0) is 22.2. The molecule has 2 fully saturated rings. The Bertz CT molecular complexity index is 936. The number of piperazine rings is 1. The molecule has 1 atom stereocenters. The maximum Gasteiger partial charge on any atom is 0.407 e. The predicted molar refractivity (Wildman–Crippen MR) is 122 cm³/mol. The van der Waals surface area contributed by atoms with Gasteiger partial charge in [0, 0.05) is 35.9 Å². The lowest BCUT2D eigenvalue weighted by atomic mass is 9.84. The van der Waals surface area contributed by atoms with Gasteiger partial charge in [-0.3, -0.25) is 0 Å². The second-order valence-electron chi connectivity index (χ2n) is 9.16. The van der Waals surface area contributed by atoms with Crippen LogP contribution in [-0.2, 0) is 9.47 Å². The van der Waals surface area contributed by atoms with Crippen LogP contribution in [0.2, 0.25) is 5.02 Å². The second kappa shape index (κ2) is 8.69. The molecule has 0 radical (unpaired) electrons. The number of hydrogen-bond donors (Lipinski definition) is 1. The van der Waals surface area contributed by atoms with Crippen LogP contribution in [0.15, 0.2) is 42.5 Å². The van der Waals surface area contributed by atoms with Gasteiger partial charge in [-0.2, -0.15) is 0 Å². The molecule has 4 rings (SSSR count). The SMILES string of the molecule is CC(C)(C)C1CN(c2ccc(-c3ccc(Cl)cc3)c(C3OCCO3)c2)CCN1C(=O)O. The fourth-order valence-corrected chi connectivity index (χ4v) is 4.49. The molecule has 166 valence electrons. The number of hydrogen-bond acceptors (Lipinski definition) is 4. The van der Waals surface area contributed by atoms with Gasteiger partial charge in [-0.25, -0.2) is 4.79 Å². The van der Waals surface area contributed by atoms with Crippen LogP contribution in [0.3, 0.4) is 0 Å². The summed E-state index contributed by atoms with van der Waals surface area (Å²) in [5.74, 6) is 0. The molecule has 0 aliphatic carbocycles. The second-order valence-corrected chi connectivity index (χ2v) is 9.59. The number of ether oxygens (including phenoxy) is 2. The van der Waals surface area contributed by atoms with Gasteiger partial charge in [0.25, 0.3) is 0 Å². The Morgan fingerprint density at radius 1 is 1.06 bits per heavy atom. The third-order valence-electron chi connectivity index (χ3n) is 6.06. The first-order valence-electron chi connectivity index (χ1n) is 10.6. The van der Waals surface area contributed by atoms with Crippen LogP contribution in [0, 0.1) is 5.41 Å². The van der Waals surface area contributed by atoms with Crippen LogP contribution in [0.4, 0.5) is 10.5 Å². The summed E-state index contributed by atoms with van der Waals surface area (Å²) in [5, 5.41) is 10.4. The van der Waals surface area contributed by atoms with Gasteiger partial charge in [0.15, 0.2) is 6.29 Å². The Kier molecular flexibility index (Phi) is 6.15. The molecular formula is C24H29ClN2O4. The molecule has 31 heavy (non-hydrogen) atoms. The first-order chi connectivity index (χ1) is 14.7. The zero-order valence-corrected chi connectivity index (χ0v) is 18.9. The van der Waals surface area contributed by atoms with E-state index in [0.717, 1.165) is 22.4 Å². The van der Waals surface area contributed by atoms with Gasteiger partial charge in [-0.05, 0) is 40.8 Å². The molecule has 0 saturated carbocycles. The lowest BCUT2D eigenvalue weighted by Crippen LogP contribution is -2.59. The lowest BCUT2D eigenvalue weighted by Gasteiger charge is -2.46. The van der Waals surface area contributed by atoms with Gasteiger partial charge >= 0.3 is 6.09 Å². The minimum absolute atomic E-state index is 0.0999. The highest BCUT2D eigenvalue weighted by atomic mass is 35.5. The van der Waals surface area contributed by atoms with E-state index in [-0.39, 0.29) is 11.5 Å². The molecule has 2 aromatic carbocycles. The Balaban J connectivity index is 1.68. The molecule has 1 amide bonds. The summed E-state index contributed by atoms with van der Waals surface area (Å²) < 4.78 is 11.7. The van der Waals surface area contributed by atoms with Crippen LogP contribution >= 0.6 is 11.6 Å². The number of nitrogens with zero attached hydrogens (tertiary/aromatic N) is 2. The van der Waals surface area contributed by atoms with Crippen molar-refractivity contribution in [1.29, 1.82) is 0 Å². The van der Waals surface area contributed by atoms with E-state index in [2.05, 4.69) is 43.9 Å². The van der Waals surface area contributed by atoms with Crippen molar-refractivity contribution in [3.8, 4) is 11.1 Å². The van der Waals surface area contributed by atoms with E-state index in [1.165, 1.54) is 0 Å². The quantitative estimate of drug-likeness (QED) is 0.698. The fourth-order valence-electron chi connectivity index (χ4n) is 4.36. The maximum absolute atomic E-state index is 11.8. The van der Waals surface area contributed by atoms with Crippen LogP contribution < -0.4 is 4.90 Å². The van der Waals surface area contributed by atoms with Crippen LogP contribution in [0.1, 0.15) is 32.6 Å². The highest BCUT2D eigenvalue weighted by Gasteiger charge is 2.38. The number of carboxylic acid groups (broad SMARTS) is 1. The van der Waals surface area contributed by atoms with Gasteiger partial charge in [-0.15, -0.1) is 0 Å². The first kappa shape index (κ1) is 21.9. The molecule has 0 spiro atoms. The van der Waals surface area contributed by atoms with Gasteiger partial charge in [0.05, 0.1) is 19.3 Å². The third kappa shape index (κ3) is 4.66. The standard InChI is InChI=1S/C24H29ClN2O4/c1-24(2,3)21-15-26(10-11-27(21)23(28)29)18-8-9-19(16-4-6-17(25)7-5-16)20(14-18)22-30-12-13-31-22/h4-9,14,21-22H,10-13,15H2,1-3H3,(H,28,29). The molecule has 2 aromatic rings. The van der Waals surface area contributed by atoms with Crippen molar-refractivity contribution in [1.82, 2.24) is 4.90 Å². The average Bonchev–Trinajstić information content (AvgIpc) is 3.28. The average molecular weight is 445 g/mol. The largest absolute Gasteiger partial charge is 0.465 e. The van der Waals surface area contributed by atoms with Crippen molar-refractivity contribution >= 4 is 23.4 Å². The van der Waals surface area contributed by atoms with E-state index in [1.807, 2.05) is 24.3 Å². The van der Waals surface area contributed by atoms with Crippen LogP contribution in [0.5, 0.6) is 0 Å². The first-order valence-corrected chi connectivity index (χ1v) is 11.0. The summed E-state index contributed by atoms with van der Waals surface area (Å²) in [5.41, 5.74) is 3.95. The molecular weight excluding hydrogens is 416 g/mol. The summed E-state index contributed by atoms with van der Waals surface area (Å²) in [6.45, 7) is 9.16. The highest BCUT2D eigenvalue weighted by molar-refractivity contribution is 6.30. The maximum atomic E-state index is 11.8. The molecule has 0 bridgehead atoms. The number of halogens is 1. The summed E-state index contributed by atoms with van der Waals surface area (Å²) in [6, 6.07) is 14.0. The van der Waals surface area contributed by atoms with Crippen molar-refractivity contribution in [2.24, 2.45) is 5.41 Å². The molecule has 1 unspecified atom stereocenters. The van der Waals surface area contributed by atoms with E-state index in [1.54, 1.807) is 4.90 Å². The highest BCUT2D eigenvalue weighted by Crippen LogP contribution is 2.37. The molecule has 2 saturated heterocycles. The molecule has 2 aliphatic heterocycles. The van der Waals surface area contributed by atoms with Crippen LogP contribution in [-0.4, -0.2) is 55.0 Å². The monoisotopic (exact) mass is 444 g/mol. The van der Waals surface area contributed by atoms with E-state index in [0.29, 0.717) is 37.9 Å². The summed E-state index contributed by atoms with van der Waals surface area (Å²) in [6.07, 6.45) is -1.27. The molecule has 0 aromatic heterocycles. The third-order valence-corrected chi connectivity index (χ3v) is 6.31. The zero-order valence-electron chi connectivity index (χ0n) is 18.2. The Hall–Kier alpha value is -2.28. The Morgan fingerprint density at radius 3 is 2.35 bits per heavy atom. The van der Waals surface area contributed by atoms with Crippen LogP contribution in [0.25, 0.3) is 11.1 Å². The summed E-state index contributed by atoms with van der Waals surface area (Å²) in [4.78, 5) is 15.6. The fraction of sp³-hybridized carbons (Fsp3) is 0.458. The molecule has 6 nitrogen and oxygen atoms in total. The van der Waals surface area contributed by atoms with E-state index in [4.69, 9.17) is 21.1 Å². The Morgan fingerprint density at radius 2 is 1.74 bits per heavy atom. The summed E-state index contributed by atoms with van der Waals surface area (Å²) >= 11 is 6.08. The summed E-state index contributed by atoms with van der Waals surface area (Å²) in [7, 11) is 0. The van der Waals surface area contributed by atoms with E-state index >= 15 is 0 Å². The number of benzene rings is 2. The van der Waals surface area contributed by atoms with E-state index in [9.17, 15) is 9.90 Å². The number of amides is 1. The topological polar surface area (TPSA) is 62.2 Å². The van der Waals surface area contributed by atoms with Crippen molar-refractivity contribution in [3.05, 3.63) is 53.1 Å². The van der Waals surface area contributed by atoms with Gasteiger partial charge < -0.3 is 24.4 Å². The normalized spacial score (nSPS) is 20.3. The lowest BCUT2D eigenvalue weighted by molar-refractivity contribution is -0.0436. The molecule has 1 N–H and O–H groups in total. The van der Waals surface area contributed by atoms with Crippen molar-refractivity contribution in [3.63, 3.8) is 0 Å². The minimum Gasteiger partial charge on any atom is -0.465 e. The number of rotatable bonds is 3. The smallest absolute Gasteiger partial charge is 0.407 e. The predicted octanol–water partition coefficient (Wildman–Crippen LogP) is 5.27. The molecule has 2 heterocycles. The van der Waals surface area contributed by atoms with E-state index < -0.39 is 12.4 Å².